The fourth-order valence-electron chi connectivity index (χ4n) is 2.65. The molecule has 0 aliphatic heterocycles. The minimum atomic E-state index is -0.437. The van der Waals surface area contributed by atoms with E-state index < -0.39 is 6.10 Å². The van der Waals surface area contributed by atoms with Crippen LogP contribution in [0.15, 0.2) is 29.2 Å². The van der Waals surface area contributed by atoms with Crippen LogP contribution in [0, 0.1) is 0 Å². The lowest BCUT2D eigenvalue weighted by Gasteiger charge is -2.21. The average molecular weight is 374 g/mol. The predicted molar refractivity (Wildman–Crippen MR) is 110 cm³/mol. The Balaban J connectivity index is 0.00000529. The fourth-order valence-corrected chi connectivity index (χ4v) is 3.49. The molecule has 0 aliphatic carbocycles. The van der Waals surface area contributed by atoms with Gasteiger partial charge in [-0.3, -0.25) is 0 Å². The molecule has 0 saturated heterocycles. The molecule has 140 valence electrons. The number of aliphatic hydroxyl groups excluding tert-OH is 1. The van der Waals surface area contributed by atoms with E-state index in [2.05, 4.69) is 57.3 Å². The molecule has 0 fully saturated rings. The molecule has 0 bridgehead atoms. The Hall–Kier alpha value is -0.220. The maximum absolute atomic E-state index is 10.5. The summed E-state index contributed by atoms with van der Waals surface area (Å²) < 4.78 is 0. The van der Waals surface area contributed by atoms with E-state index in [0.717, 1.165) is 12.1 Å². The van der Waals surface area contributed by atoms with Crippen LogP contribution in [-0.2, 0) is 0 Å². The van der Waals surface area contributed by atoms with E-state index in [1.54, 1.807) is 0 Å². The number of rotatable bonds is 12. The summed E-state index contributed by atoms with van der Waals surface area (Å²) in [4.78, 5) is 1.27. The Kier molecular flexibility index (Phi) is 13.9. The summed E-state index contributed by atoms with van der Waals surface area (Å²) in [6.07, 6.45) is 7.40. The molecule has 0 heterocycles. The number of unbranched alkanes of at least 4 members (excludes halogenated alkanes) is 5. The number of nitrogens with one attached hydrogen (secondary N) is 1. The van der Waals surface area contributed by atoms with E-state index in [-0.39, 0.29) is 18.4 Å². The monoisotopic (exact) mass is 373 g/mol. The molecule has 0 aromatic heterocycles. The maximum Gasteiger partial charge on any atom is 0.0940 e. The van der Waals surface area contributed by atoms with Crippen LogP contribution in [0.3, 0.4) is 0 Å². The molecule has 2 N–H and O–H groups in total. The van der Waals surface area contributed by atoms with Gasteiger partial charge in [-0.25, -0.2) is 0 Å². The third-order valence-corrected chi connectivity index (χ3v) is 5.08. The standard InChI is InChI=1S/C20H35NOS.ClH/c1-5-6-7-8-9-10-15-21-17(4)20(22)18-11-13-19(14-12-18)23-16(2)3;/h11-14,16-17,20-22H,5-10,15H2,1-4H3;1H/t17-,20+;/m1./s1. The summed E-state index contributed by atoms with van der Waals surface area (Å²) in [6.45, 7) is 9.70. The summed E-state index contributed by atoms with van der Waals surface area (Å²) in [6, 6.07) is 8.43. The Morgan fingerprint density at radius 1 is 0.958 bits per heavy atom. The second-order valence-corrected chi connectivity index (χ2v) is 8.34. The number of hydrogen-bond donors (Lipinski definition) is 2. The van der Waals surface area contributed by atoms with Gasteiger partial charge in [0.05, 0.1) is 6.10 Å². The molecule has 4 heteroatoms. The van der Waals surface area contributed by atoms with Gasteiger partial charge in [0.2, 0.25) is 0 Å². The molecule has 0 spiro atoms. The summed E-state index contributed by atoms with van der Waals surface area (Å²) in [5.41, 5.74) is 1.00. The molecule has 1 aromatic rings. The van der Waals surface area contributed by atoms with Gasteiger partial charge in [-0.1, -0.05) is 65.0 Å². The molecule has 0 unspecified atom stereocenters. The van der Waals surface area contributed by atoms with Gasteiger partial charge in [-0.15, -0.1) is 24.2 Å². The summed E-state index contributed by atoms with van der Waals surface area (Å²) in [7, 11) is 0. The van der Waals surface area contributed by atoms with Crippen molar-refractivity contribution in [1.29, 1.82) is 0 Å². The van der Waals surface area contributed by atoms with Crippen molar-refractivity contribution in [2.45, 2.75) is 88.5 Å². The summed E-state index contributed by atoms with van der Waals surface area (Å²) in [5.74, 6) is 0. The van der Waals surface area contributed by atoms with Crippen molar-refractivity contribution < 1.29 is 5.11 Å². The third kappa shape index (κ3) is 9.93. The normalized spacial score (nSPS) is 13.6. The van der Waals surface area contributed by atoms with Crippen molar-refractivity contribution in [3.05, 3.63) is 29.8 Å². The van der Waals surface area contributed by atoms with Gasteiger partial charge >= 0.3 is 0 Å². The highest BCUT2D eigenvalue weighted by molar-refractivity contribution is 7.99. The van der Waals surface area contributed by atoms with E-state index in [1.165, 1.54) is 43.4 Å². The Bertz CT molecular complexity index is 411. The zero-order valence-electron chi connectivity index (χ0n) is 15.8. The van der Waals surface area contributed by atoms with Crippen molar-refractivity contribution in [1.82, 2.24) is 5.32 Å². The van der Waals surface area contributed by atoms with Gasteiger partial charge < -0.3 is 10.4 Å². The number of halogens is 1. The highest BCUT2D eigenvalue weighted by Crippen LogP contribution is 2.25. The van der Waals surface area contributed by atoms with Gasteiger partial charge in [0.1, 0.15) is 0 Å². The van der Waals surface area contributed by atoms with Crippen LogP contribution in [0.5, 0.6) is 0 Å². The van der Waals surface area contributed by atoms with E-state index in [4.69, 9.17) is 0 Å². The maximum atomic E-state index is 10.5. The molecule has 1 aromatic carbocycles. The number of benzene rings is 1. The highest BCUT2D eigenvalue weighted by Gasteiger charge is 2.15. The second-order valence-electron chi connectivity index (χ2n) is 6.69. The third-order valence-electron chi connectivity index (χ3n) is 4.06. The SMILES string of the molecule is CCCCCCCCN[C@H](C)[C@H](O)c1ccc(SC(C)C)cc1.Cl. The zero-order valence-corrected chi connectivity index (χ0v) is 17.4. The molecule has 2 nitrogen and oxygen atoms in total. The first-order valence-corrected chi connectivity index (χ1v) is 10.1. The molecule has 0 amide bonds. The lowest BCUT2D eigenvalue weighted by atomic mass is 10.0. The van der Waals surface area contributed by atoms with Crippen LogP contribution in [-0.4, -0.2) is 22.9 Å². The Morgan fingerprint density at radius 2 is 1.54 bits per heavy atom. The number of hydrogen-bond acceptors (Lipinski definition) is 3. The van der Waals surface area contributed by atoms with E-state index in [0.29, 0.717) is 5.25 Å². The molecular weight excluding hydrogens is 338 g/mol. The number of aliphatic hydroxyl groups is 1. The van der Waals surface area contributed by atoms with Crippen molar-refractivity contribution in [2.24, 2.45) is 0 Å². The van der Waals surface area contributed by atoms with Crippen LogP contribution in [0.1, 0.15) is 77.9 Å². The zero-order chi connectivity index (χ0) is 17.1. The predicted octanol–water partition coefficient (Wildman–Crippen LogP) is 5.98. The van der Waals surface area contributed by atoms with Crippen molar-refractivity contribution >= 4 is 24.2 Å². The van der Waals surface area contributed by atoms with Crippen molar-refractivity contribution in [2.75, 3.05) is 6.54 Å². The average Bonchev–Trinajstić information content (AvgIpc) is 2.53. The largest absolute Gasteiger partial charge is 0.387 e. The van der Waals surface area contributed by atoms with Gasteiger partial charge in [0, 0.05) is 16.2 Å². The first-order valence-electron chi connectivity index (χ1n) is 9.22. The van der Waals surface area contributed by atoms with Gasteiger partial charge in [0.25, 0.3) is 0 Å². The van der Waals surface area contributed by atoms with E-state index in [9.17, 15) is 5.11 Å². The molecule has 0 radical (unpaired) electrons. The Morgan fingerprint density at radius 3 is 2.12 bits per heavy atom. The van der Waals surface area contributed by atoms with E-state index in [1.807, 2.05) is 11.8 Å². The molecule has 0 saturated carbocycles. The van der Waals surface area contributed by atoms with Crippen LogP contribution < -0.4 is 5.32 Å². The lowest BCUT2D eigenvalue weighted by Crippen LogP contribution is -2.32. The van der Waals surface area contributed by atoms with Gasteiger partial charge in [-0.2, -0.15) is 0 Å². The molecule has 24 heavy (non-hydrogen) atoms. The lowest BCUT2D eigenvalue weighted by molar-refractivity contribution is 0.136. The van der Waals surface area contributed by atoms with Gasteiger partial charge in [0.15, 0.2) is 0 Å². The van der Waals surface area contributed by atoms with Crippen LogP contribution in [0.4, 0.5) is 0 Å². The number of thioether (sulfide) groups is 1. The smallest absolute Gasteiger partial charge is 0.0940 e. The minimum absolute atomic E-state index is 0. The van der Waals surface area contributed by atoms with Crippen molar-refractivity contribution in [3.63, 3.8) is 0 Å². The minimum Gasteiger partial charge on any atom is -0.387 e. The fraction of sp³-hybridized carbons (Fsp3) is 0.700. The Labute approximate surface area is 159 Å². The topological polar surface area (TPSA) is 32.3 Å². The van der Waals surface area contributed by atoms with E-state index >= 15 is 0 Å². The summed E-state index contributed by atoms with van der Waals surface area (Å²) in [5, 5.41) is 14.5. The van der Waals surface area contributed by atoms with Crippen LogP contribution in [0.2, 0.25) is 0 Å². The highest BCUT2D eigenvalue weighted by atomic mass is 35.5. The van der Waals surface area contributed by atoms with Crippen LogP contribution >= 0.6 is 24.2 Å². The first-order chi connectivity index (χ1) is 11.0. The molecular formula is C20H36ClNOS. The molecule has 2 atom stereocenters. The van der Waals surface area contributed by atoms with Crippen LogP contribution in [0.25, 0.3) is 0 Å². The molecule has 1 rings (SSSR count). The summed E-state index contributed by atoms with van der Waals surface area (Å²) >= 11 is 1.85. The van der Waals surface area contributed by atoms with Gasteiger partial charge in [-0.05, 0) is 37.6 Å². The second kappa shape index (κ2) is 14.0. The molecule has 0 aliphatic rings. The first kappa shape index (κ1) is 23.8. The van der Waals surface area contributed by atoms with Crippen molar-refractivity contribution in [3.8, 4) is 0 Å². The quantitative estimate of drug-likeness (QED) is 0.349.